The van der Waals surface area contributed by atoms with E-state index in [1.54, 1.807) is 13.8 Å². The first-order valence-electron chi connectivity index (χ1n) is 5.82. The summed E-state index contributed by atoms with van der Waals surface area (Å²) in [6.07, 6.45) is 0. The zero-order valence-corrected chi connectivity index (χ0v) is 11.4. The van der Waals surface area contributed by atoms with Crippen LogP contribution in [0.4, 0.5) is 0 Å². The Labute approximate surface area is 111 Å². The highest BCUT2D eigenvalue weighted by Crippen LogP contribution is 2.08. The first-order chi connectivity index (χ1) is 8.99. The molecule has 19 heavy (non-hydrogen) atoms. The fourth-order valence-electron chi connectivity index (χ4n) is 1.47. The number of nitrogens with one attached hydrogen (secondary N) is 1. The lowest BCUT2D eigenvalue weighted by Gasteiger charge is -2.18. The number of carbonyl (C=O) groups excluding carboxylic acids is 2. The van der Waals surface area contributed by atoms with Gasteiger partial charge in [-0.15, -0.1) is 0 Å². The smallest absolute Gasteiger partial charge is 0.328 e. The monoisotopic (exact) mass is 270 g/mol. The second-order valence-corrected chi connectivity index (χ2v) is 4.33. The van der Waals surface area contributed by atoms with Crippen LogP contribution in [0.1, 0.15) is 30.1 Å². The van der Waals surface area contributed by atoms with E-state index in [-0.39, 0.29) is 18.2 Å². The van der Waals surface area contributed by atoms with E-state index in [0.717, 1.165) is 0 Å². The Kier molecular flexibility index (Phi) is 5.50. The lowest BCUT2D eigenvalue weighted by molar-refractivity contribution is -0.144. The molecule has 1 amide bonds. The van der Waals surface area contributed by atoms with Gasteiger partial charge in [0, 0.05) is 13.2 Å². The maximum absolute atomic E-state index is 11.9. The minimum absolute atomic E-state index is 0.0956. The summed E-state index contributed by atoms with van der Waals surface area (Å²) in [6, 6.07) is 0.744. The normalized spacial score (nSPS) is 12.3. The van der Waals surface area contributed by atoms with Gasteiger partial charge < -0.3 is 19.3 Å². The fourth-order valence-corrected chi connectivity index (χ4v) is 1.47. The average molecular weight is 270 g/mol. The largest absolute Gasteiger partial charge is 0.467 e. The van der Waals surface area contributed by atoms with E-state index in [1.165, 1.54) is 20.3 Å². The highest BCUT2D eigenvalue weighted by Gasteiger charge is 2.26. The molecule has 106 valence electrons. The molecule has 7 nitrogen and oxygen atoms in total. The van der Waals surface area contributed by atoms with Gasteiger partial charge in [-0.3, -0.25) is 4.79 Å². The molecule has 0 aliphatic carbocycles. The second kappa shape index (κ2) is 6.89. The van der Waals surface area contributed by atoms with Crippen LogP contribution in [0.2, 0.25) is 0 Å². The van der Waals surface area contributed by atoms with E-state index in [1.807, 2.05) is 0 Å². The molecule has 1 heterocycles. The van der Waals surface area contributed by atoms with Crippen molar-refractivity contribution in [2.75, 3.05) is 14.2 Å². The summed E-state index contributed by atoms with van der Waals surface area (Å²) in [5, 5.41) is 6.18. The third-order valence-electron chi connectivity index (χ3n) is 2.49. The van der Waals surface area contributed by atoms with Gasteiger partial charge in [0.2, 0.25) is 0 Å². The molecule has 1 unspecified atom stereocenters. The van der Waals surface area contributed by atoms with Crippen LogP contribution in [0.3, 0.4) is 0 Å². The first kappa shape index (κ1) is 15.2. The molecule has 1 N–H and O–H groups in total. The molecule has 1 aromatic heterocycles. The average Bonchev–Trinajstić information content (AvgIpc) is 2.83. The molecule has 0 aliphatic heterocycles. The van der Waals surface area contributed by atoms with Crippen LogP contribution in [0.15, 0.2) is 10.6 Å². The van der Waals surface area contributed by atoms with Crippen molar-refractivity contribution in [3.63, 3.8) is 0 Å². The first-order valence-corrected chi connectivity index (χ1v) is 5.82. The van der Waals surface area contributed by atoms with Crippen molar-refractivity contribution < 1.29 is 23.6 Å². The summed E-state index contributed by atoms with van der Waals surface area (Å²) < 4.78 is 14.4. The molecule has 0 aliphatic rings. The minimum Gasteiger partial charge on any atom is -0.467 e. The Morgan fingerprint density at radius 3 is 2.63 bits per heavy atom. The van der Waals surface area contributed by atoms with Crippen LogP contribution in [0.25, 0.3) is 0 Å². The van der Waals surface area contributed by atoms with Crippen LogP contribution < -0.4 is 5.32 Å². The van der Waals surface area contributed by atoms with E-state index in [2.05, 4.69) is 15.2 Å². The number of ether oxygens (including phenoxy) is 2. The number of carbonyl (C=O) groups is 2. The predicted octanol–water partition coefficient (Wildman–Crippen LogP) is 0.748. The number of methoxy groups -OCH3 is 2. The molecule has 0 spiro atoms. The van der Waals surface area contributed by atoms with Crippen LogP contribution in [0.5, 0.6) is 0 Å². The molecule has 0 saturated heterocycles. The van der Waals surface area contributed by atoms with Crippen molar-refractivity contribution >= 4 is 11.9 Å². The Morgan fingerprint density at radius 2 is 2.11 bits per heavy atom. The molecular weight excluding hydrogens is 252 g/mol. The number of hydrogen-bond donors (Lipinski definition) is 1. The number of rotatable bonds is 6. The lowest BCUT2D eigenvalue weighted by Crippen LogP contribution is -2.45. The van der Waals surface area contributed by atoms with Gasteiger partial charge in [-0.1, -0.05) is 19.0 Å². The van der Waals surface area contributed by atoms with Crippen molar-refractivity contribution in [1.29, 1.82) is 0 Å². The van der Waals surface area contributed by atoms with Gasteiger partial charge in [-0.2, -0.15) is 0 Å². The van der Waals surface area contributed by atoms with Crippen LogP contribution in [-0.2, 0) is 20.9 Å². The zero-order valence-electron chi connectivity index (χ0n) is 11.4. The highest BCUT2D eigenvalue weighted by molar-refractivity contribution is 5.95. The van der Waals surface area contributed by atoms with Crippen molar-refractivity contribution in [2.24, 2.45) is 5.92 Å². The highest BCUT2D eigenvalue weighted by atomic mass is 16.5. The molecule has 7 heteroatoms. The van der Waals surface area contributed by atoms with Crippen molar-refractivity contribution in [1.82, 2.24) is 10.5 Å². The van der Waals surface area contributed by atoms with Crippen molar-refractivity contribution in [3.8, 4) is 0 Å². The van der Waals surface area contributed by atoms with Crippen LogP contribution in [0, 0.1) is 5.92 Å². The number of aromatic nitrogens is 1. The topological polar surface area (TPSA) is 90.7 Å². The van der Waals surface area contributed by atoms with Crippen molar-refractivity contribution in [3.05, 3.63) is 17.5 Å². The molecule has 0 fully saturated rings. The summed E-state index contributed by atoms with van der Waals surface area (Å²) in [7, 11) is 2.78. The summed E-state index contributed by atoms with van der Waals surface area (Å²) in [6.45, 7) is 3.84. The van der Waals surface area contributed by atoms with Gasteiger partial charge in [0.1, 0.15) is 12.6 Å². The molecule has 0 aromatic carbocycles. The molecule has 1 rings (SSSR count). The Balaban J connectivity index is 2.73. The number of nitrogens with zero attached hydrogens (tertiary/aromatic N) is 1. The second-order valence-electron chi connectivity index (χ2n) is 4.33. The van der Waals surface area contributed by atoms with Gasteiger partial charge in [-0.25, -0.2) is 4.79 Å². The van der Waals surface area contributed by atoms with E-state index < -0.39 is 17.9 Å². The maximum Gasteiger partial charge on any atom is 0.328 e. The third-order valence-corrected chi connectivity index (χ3v) is 2.49. The third kappa shape index (κ3) is 4.06. The van der Waals surface area contributed by atoms with E-state index >= 15 is 0 Å². The fraction of sp³-hybridized carbons (Fsp3) is 0.583. The van der Waals surface area contributed by atoms with Crippen LogP contribution in [-0.4, -0.2) is 37.3 Å². The molecule has 0 bridgehead atoms. The van der Waals surface area contributed by atoms with Gasteiger partial charge in [0.15, 0.2) is 11.5 Å². The maximum atomic E-state index is 11.9. The Hall–Kier alpha value is -1.89. The quantitative estimate of drug-likeness (QED) is 0.767. The number of amides is 1. The van der Waals surface area contributed by atoms with Gasteiger partial charge in [0.05, 0.1) is 7.11 Å². The Bertz CT molecular complexity index is 441. The van der Waals surface area contributed by atoms with E-state index in [9.17, 15) is 9.59 Å². The van der Waals surface area contributed by atoms with E-state index in [0.29, 0.717) is 5.76 Å². The van der Waals surface area contributed by atoms with Crippen LogP contribution >= 0.6 is 0 Å². The Morgan fingerprint density at radius 1 is 1.42 bits per heavy atom. The molecule has 1 atom stereocenters. The molecular formula is C12H18N2O5. The zero-order chi connectivity index (χ0) is 14.4. The summed E-state index contributed by atoms with van der Waals surface area (Å²) in [4.78, 5) is 23.4. The number of esters is 1. The molecule has 0 saturated carbocycles. The van der Waals surface area contributed by atoms with Gasteiger partial charge in [-0.05, 0) is 5.92 Å². The summed E-state index contributed by atoms with van der Waals surface area (Å²) >= 11 is 0. The van der Waals surface area contributed by atoms with E-state index in [4.69, 9.17) is 9.26 Å². The van der Waals surface area contributed by atoms with Crippen molar-refractivity contribution in [2.45, 2.75) is 26.5 Å². The SMILES string of the molecule is COCc1cc(C(=O)NC(C(=O)OC)C(C)C)no1. The lowest BCUT2D eigenvalue weighted by atomic mass is 10.0. The molecule has 0 radical (unpaired) electrons. The predicted molar refractivity (Wildman–Crippen MR) is 65.3 cm³/mol. The minimum atomic E-state index is -0.722. The molecule has 1 aromatic rings. The standard InChI is InChI=1S/C12H18N2O5/c1-7(2)10(12(16)18-4)13-11(15)9-5-8(6-17-3)19-14-9/h5,7,10H,6H2,1-4H3,(H,13,15). The number of hydrogen-bond acceptors (Lipinski definition) is 6. The summed E-state index contributed by atoms with van der Waals surface area (Å²) in [5.74, 6) is -0.646. The van der Waals surface area contributed by atoms with Gasteiger partial charge >= 0.3 is 5.97 Å². The van der Waals surface area contributed by atoms with Gasteiger partial charge in [0.25, 0.3) is 5.91 Å². The summed E-state index contributed by atoms with van der Waals surface area (Å²) in [5.41, 5.74) is 0.0987.